The minimum Gasteiger partial charge on any atom is -0.306 e. The van der Waals surface area contributed by atoms with Crippen LogP contribution in [0.3, 0.4) is 0 Å². The number of pyridine rings is 2. The molecule has 7 heteroatoms. The third-order valence-electron chi connectivity index (χ3n) is 4.13. The van der Waals surface area contributed by atoms with E-state index in [0.717, 1.165) is 5.56 Å². The number of carbonyl (C=O) groups is 1. The van der Waals surface area contributed by atoms with Crippen LogP contribution in [0.2, 0.25) is 10.0 Å². The fraction of sp³-hybridized carbons (Fsp3) is 0. The molecule has 0 bridgehead atoms. The number of carbonyl (C=O) groups excluding carboxylic acids is 1. The summed E-state index contributed by atoms with van der Waals surface area (Å²) in [4.78, 5) is 21.2. The van der Waals surface area contributed by atoms with Gasteiger partial charge < -0.3 is 5.32 Å². The van der Waals surface area contributed by atoms with E-state index < -0.39 is 11.9 Å². The molecule has 0 spiro atoms. The van der Waals surface area contributed by atoms with Crippen LogP contribution in [0.4, 0.5) is 10.2 Å². The van der Waals surface area contributed by atoms with Crippen molar-refractivity contribution in [2.75, 3.05) is 5.32 Å². The van der Waals surface area contributed by atoms with Gasteiger partial charge in [0.2, 0.25) is 5.95 Å². The lowest BCUT2D eigenvalue weighted by Crippen LogP contribution is -2.14. The van der Waals surface area contributed by atoms with Gasteiger partial charge in [0.15, 0.2) is 0 Å². The molecule has 0 aliphatic carbocycles. The second-order valence-corrected chi connectivity index (χ2v) is 6.82. The fourth-order valence-corrected chi connectivity index (χ4v) is 3.13. The molecule has 138 valence electrons. The molecule has 4 nitrogen and oxygen atoms in total. The highest BCUT2D eigenvalue weighted by Crippen LogP contribution is 2.30. The Bertz CT molecular complexity index is 1210. The molecule has 2 heterocycles. The van der Waals surface area contributed by atoms with Gasteiger partial charge in [0.1, 0.15) is 5.82 Å². The molecule has 0 radical (unpaired) electrons. The van der Waals surface area contributed by atoms with Gasteiger partial charge in [-0.3, -0.25) is 4.79 Å². The predicted molar refractivity (Wildman–Crippen MR) is 109 cm³/mol. The van der Waals surface area contributed by atoms with Crippen LogP contribution in [0.15, 0.2) is 66.7 Å². The summed E-state index contributed by atoms with van der Waals surface area (Å²) in [6.07, 6.45) is 0. The van der Waals surface area contributed by atoms with Crippen LogP contribution in [0.1, 0.15) is 10.4 Å². The Morgan fingerprint density at radius 1 is 0.893 bits per heavy atom. The fourth-order valence-electron chi connectivity index (χ4n) is 2.83. The summed E-state index contributed by atoms with van der Waals surface area (Å²) >= 11 is 12.1. The van der Waals surface area contributed by atoms with Crippen molar-refractivity contribution < 1.29 is 9.18 Å². The van der Waals surface area contributed by atoms with Crippen molar-refractivity contribution in [3.63, 3.8) is 0 Å². The first kappa shape index (κ1) is 18.3. The zero-order chi connectivity index (χ0) is 19.7. The number of nitrogens with zero attached hydrogens (tertiary/aromatic N) is 2. The van der Waals surface area contributed by atoms with Crippen LogP contribution in [0, 0.1) is 5.95 Å². The number of benzene rings is 2. The summed E-state index contributed by atoms with van der Waals surface area (Å²) in [5.41, 5.74) is 2.31. The number of aromatic nitrogens is 2. The Morgan fingerprint density at radius 2 is 1.71 bits per heavy atom. The van der Waals surface area contributed by atoms with Crippen molar-refractivity contribution in [1.82, 2.24) is 9.97 Å². The summed E-state index contributed by atoms with van der Waals surface area (Å²) < 4.78 is 13.3. The molecule has 4 rings (SSSR count). The van der Waals surface area contributed by atoms with Crippen molar-refractivity contribution in [1.29, 1.82) is 0 Å². The SMILES string of the molecule is O=C(Nc1cccc(F)n1)c1cc(-c2ccc(Cl)c(Cl)c2)nc2ccccc12. The topological polar surface area (TPSA) is 54.9 Å². The third kappa shape index (κ3) is 3.67. The highest BCUT2D eigenvalue weighted by atomic mass is 35.5. The summed E-state index contributed by atoms with van der Waals surface area (Å²) in [6, 6.07) is 18.3. The van der Waals surface area contributed by atoms with Crippen molar-refractivity contribution >= 4 is 45.8 Å². The number of nitrogens with one attached hydrogen (secondary N) is 1. The standard InChI is InChI=1S/C21H12Cl2FN3O/c22-15-9-8-12(10-16(15)23)18-11-14(13-4-1-2-5-17(13)25-18)21(28)27-20-7-3-6-19(24)26-20/h1-11H,(H,26,27,28). The van der Waals surface area contributed by atoms with Crippen molar-refractivity contribution in [2.45, 2.75) is 0 Å². The number of rotatable bonds is 3. The molecule has 28 heavy (non-hydrogen) atoms. The van der Waals surface area contributed by atoms with E-state index in [4.69, 9.17) is 23.2 Å². The maximum Gasteiger partial charge on any atom is 0.257 e. The number of fused-ring (bicyclic) bond motifs is 1. The van der Waals surface area contributed by atoms with E-state index in [1.807, 2.05) is 18.2 Å². The first-order valence-electron chi connectivity index (χ1n) is 8.30. The maximum absolute atomic E-state index is 13.3. The van der Waals surface area contributed by atoms with Crippen molar-refractivity contribution in [2.24, 2.45) is 0 Å². The van der Waals surface area contributed by atoms with Gasteiger partial charge in [-0.25, -0.2) is 9.97 Å². The van der Waals surface area contributed by atoms with E-state index in [1.54, 1.807) is 30.3 Å². The van der Waals surface area contributed by atoms with E-state index >= 15 is 0 Å². The van der Waals surface area contributed by atoms with Gasteiger partial charge in [0.05, 0.1) is 26.8 Å². The molecule has 0 unspecified atom stereocenters. The quantitative estimate of drug-likeness (QED) is 0.420. The lowest BCUT2D eigenvalue weighted by Gasteiger charge is -2.11. The highest BCUT2D eigenvalue weighted by Gasteiger charge is 2.15. The van der Waals surface area contributed by atoms with Gasteiger partial charge in [-0.2, -0.15) is 4.39 Å². The minimum absolute atomic E-state index is 0.127. The van der Waals surface area contributed by atoms with Gasteiger partial charge in [-0.15, -0.1) is 0 Å². The first-order chi connectivity index (χ1) is 13.5. The number of halogens is 3. The van der Waals surface area contributed by atoms with Crippen LogP contribution in [0.5, 0.6) is 0 Å². The van der Waals surface area contributed by atoms with Crippen LogP contribution < -0.4 is 5.32 Å². The van der Waals surface area contributed by atoms with E-state index in [2.05, 4.69) is 15.3 Å². The summed E-state index contributed by atoms with van der Waals surface area (Å²) in [7, 11) is 0. The second kappa shape index (κ2) is 7.54. The van der Waals surface area contributed by atoms with Crippen LogP contribution in [-0.4, -0.2) is 15.9 Å². The zero-order valence-electron chi connectivity index (χ0n) is 14.3. The molecule has 0 aliphatic rings. The molecule has 1 amide bonds. The molecular formula is C21H12Cl2FN3O. The molecule has 2 aromatic heterocycles. The van der Waals surface area contributed by atoms with Gasteiger partial charge in [-0.1, -0.05) is 53.5 Å². The smallest absolute Gasteiger partial charge is 0.257 e. The molecule has 2 aromatic carbocycles. The Balaban J connectivity index is 1.82. The molecule has 0 atom stereocenters. The lowest BCUT2D eigenvalue weighted by atomic mass is 10.0. The summed E-state index contributed by atoms with van der Waals surface area (Å²) in [5, 5.41) is 4.12. The highest BCUT2D eigenvalue weighted by molar-refractivity contribution is 6.42. The molecular weight excluding hydrogens is 400 g/mol. The summed E-state index contributed by atoms with van der Waals surface area (Å²) in [5.74, 6) is -0.964. The molecule has 1 N–H and O–H groups in total. The van der Waals surface area contributed by atoms with Crippen molar-refractivity contribution in [3.05, 3.63) is 88.3 Å². The van der Waals surface area contributed by atoms with E-state index in [-0.39, 0.29) is 5.82 Å². The normalized spacial score (nSPS) is 10.8. The molecule has 4 aromatic rings. The maximum atomic E-state index is 13.3. The van der Waals surface area contributed by atoms with Gasteiger partial charge in [0, 0.05) is 10.9 Å². The van der Waals surface area contributed by atoms with Crippen LogP contribution >= 0.6 is 23.2 Å². The number of hydrogen-bond acceptors (Lipinski definition) is 3. The summed E-state index contributed by atoms with van der Waals surface area (Å²) in [6.45, 7) is 0. The van der Waals surface area contributed by atoms with Crippen LogP contribution in [0.25, 0.3) is 22.2 Å². The minimum atomic E-state index is -0.672. The lowest BCUT2D eigenvalue weighted by molar-refractivity contribution is 0.102. The largest absolute Gasteiger partial charge is 0.306 e. The Morgan fingerprint density at radius 3 is 2.50 bits per heavy atom. The van der Waals surface area contributed by atoms with E-state index in [1.165, 1.54) is 18.2 Å². The Kier molecular flexibility index (Phi) is 4.94. The molecule has 0 aliphatic heterocycles. The molecule has 0 saturated carbocycles. The van der Waals surface area contributed by atoms with Gasteiger partial charge in [0.25, 0.3) is 5.91 Å². The number of amides is 1. The number of para-hydroxylation sites is 1. The van der Waals surface area contributed by atoms with E-state index in [0.29, 0.717) is 32.2 Å². The molecule has 0 fully saturated rings. The van der Waals surface area contributed by atoms with E-state index in [9.17, 15) is 9.18 Å². The predicted octanol–water partition coefficient (Wildman–Crippen LogP) is 6.00. The first-order valence-corrected chi connectivity index (χ1v) is 9.06. The number of anilines is 1. The number of hydrogen-bond donors (Lipinski definition) is 1. The van der Waals surface area contributed by atoms with Gasteiger partial charge >= 0.3 is 0 Å². The Hall–Kier alpha value is -3.02. The zero-order valence-corrected chi connectivity index (χ0v) is 15.8. The Labute approximate surface area is 170 Å². The monoisotopic (exact) mass is 411 g/mol. The average Bonchev–Trinajstić information content (AvgIpc) is 2.69. The second-order valence-electron chi connectivity index (χ2n) is 6.00. The van der Waals surface area contributed by atoms with Crippen molar-refractivity contribution in [3.8, 4) is 11.3 Å². The molecule has 0 saturated heterocycles. The third-order valence-corrected chi connectivity index (χ3v) is 4.87. The average molecular weight is 412 g/mol. The van der Waals surface area contributed by atoms with Gasteiger partial charge in [-0.05, 0) is 36.4 Å². The van der Waals surface area contributed by atoms with Crippen LogP contribution in [-0.2, 0) is 0 Å².